The van der Waals surface area contributed by atoms with E-state index in [4.69, 9.17) is 16.3 Å². The van der Waals surface area contributed by atoms with Gasteiger partial charge in [-0.25, -0.2) is 18.1 Å². The van der Waals surface area contributed by atoms with Crippen molar-refractivity contribution in [1.82, 2.24) is 19.5 Å². The smallest absolute Gasteiger partial charge is 0.293 e. The molecule has 5 aromatic rings. The molecule has 2 saturated heterocycles. The second-order valence-electron chi connectivity index (χ2n) is 14.4. The molecule has 308 valence electrons. The Morgan fingerprint density at radius 2 is 1.61 bits per heavy atom. The number of hydrogen-bond acceptors (Lipinski definition) is 12. The number of thioether (sulfide) groups is 1. The molecule has 1 amide bonds. The fourth-order valence-electron chi connectivity index (χ4n) is 7.16. The van der Waals surface area contributed by atoms with Crippen molar-refractivity contribution in [3.05, 3.63) is 142 Å². The highest BCUT2D eigenvalue weighted by Crippen LogP contribution is 2.31. The van der Waals surface area contributed by atoms with Crippen LogP contribution >= 0.6 is 23.4 Å². The Morgan fingerprint density at radius 1 is 0.881 bits per heavy atom. The average Bonchev–Trinajstić information content (AvgIpc) is 3.26. The van der Waals surface area contributed by atoms with Crippen molar-refractivity contribution in [3.8, 4) is 11.1 Å². The highest BCUT2D eigenvalue weighted by Gasteiger charge is 2.26. The minimum Gasteiger partial charge on any atom is -0.379 e. The Balaban J connectivity index is 0.958. The lowest BCUT2D eigenvalue weighted by Crippen LogP contribution is -2.46. The first-order valence-corrected chi connectivity index (χ1v) is 22.3. The van der Waals surface area contributed by atoms with Crippen LogP contribution in [0.5, 0.6) is 0 Å². The Morgan fingerprint density at radius 3 is 2.32 bits per heavy atom. The summed E-state index contributed by atoms with van der Waals surface area (Å²) in [6.07, 6.45) is 2.26. The maximum Gasteiger partial charge on any atom is 0.293 e. The molecule has 2 aliphatic rings. The number of nitrogens with one attached hydrogen (secondary N) is 2. The van der Waals surface area contributed by atoms with Crippen LogP contribution in [0.2, 0.25) is 5.02 Å². The van der Waals surface area contributed by atoms with Crippen LogP contribution in [-0.2, 0) is 21.3 Å². The van der Waals surface area contributed by atoms with Crippen molar-refractivity contribution in [1.29, 1.82) is 0 Å². The zero-order valence-electron chi connectivity index (χ0n) is 32.4. The maximum atomic E-state index is 13.4. The van der Waals surface area contributed by atoms with Gasteiger partial charge in [-0.2, -0.15) is 0 Å². The summed E-state index contributed by atoms with van der Waals surface area (Å²) in [6.45, 7) is 7.66. The van der Waals surface area contributed by atoms with Gasteiger partial charge < -0.3 is 15.0 Å². The van der Waals surface area contributed by atoms with E-state index in [9.17, 15) is 23.3 Å². The maximum absolute atomic E-state index is 13.4. The number of benzene rings is 4. The predicted molar refractivity (Wildman–Crippen MR) is 233 cm³/mol. The number of piperazine rings is 1. The predicted octanol–water partition coefficient (Wildman–Crippen LogP) is 7.05. The highest BCUT2D eigenvalue weighted by molar-refractivity contribution is 7.99. The monoisotopic (exact) mass is 855 g/mol. The van der Waals surface area contributed by atoms with Gasteiger partial charge in [0.2, 0.25) is 0 Å². The van der Waals surface area contributed by atoms with Gasteiger partial charge in [-0.05, 0) is 71.6 Å². The van der Waals surface area contributed by atoms with Gasteiger partial charge in [0, 0.05) is 80.1 Å². The van der Waals surface area contributed by atoms with Gasteiger partial charge in [-0.3, -0.25) is 24.7 Å². The minimum absolute atomic E-state index is 0.0958. The van der Waals surface area contributed by atoms with Crippen molar-refractivity contribution in [2.24, 2.45) is 0 Å². The molecule has 2 N–H and O–H groups in total. The number of anilines is 2. The SMILES string of the molecule is O=C(NS(=O)(=O)c1ccc(N[C@H](CCN2CCOCC2)CSc2ccccc2)c([N+](=O)[O-])c1)c1ccc(N2CCN(Cc3ccccc3-c3ccc(Cl)cc3)CC2)cn1. The van der Waals surface area contributed by atoms with Crippen molar-refractivity contribution >= 4 is 56.4 Å². The number of nitrogens with zero attached hydrogens (tertiary/aromatic N) is 5. The van der Waals surface area contributed by atoms with Crippen molar-refractivity contribution in [2.45, 2.75) is 28.8 Å². The summed E-state index contributed by atoms with van der Waals surface area (Å²) in [7, 11) is -4.48. The summed E-state index contributed by atoms with van der Waals surface area (Å²) < 4.78 is 34.3. The van der Waals surface area contributed by atoms with Gasteiger partial charge >= 0.3 is 0 Å². The summed E-state index contributed by atoms with van der Waals surface area (Å²) >= 11 is 7.75. The number of carbonyl (C=O) groups is 1. The van der Waals surface area contributed by atoms with Gasteiger partial charge in [0.15, 0.2) is 0 Å². The number of sulfonamides is 1. The number of morpholine rings is 1. The number of halogens is 1. The first-order valence-electron chi connectivity index (χ1n) is 19.5. The fraction of sp³-hybridized carbons (Fsp3) is 0.302. The molecule has 0 unspecified atom stereocenters. The molecule has 13 nitrogen and oxygen atoms in total. The van der Waals surface area contributed by atoms with E-state index in [0.29, 0.717) is 30.4 Å². The van der Waals surface area contributed by atoms with Crippen LogP contribution in [-0.4, -0.2) is 105 Å². The Labute approximate surface area is 353 Å². The van der Waals surface area contributed by atoms with Crippen LogP contribution < -0.4 is 14.9 Å². The zero-order chi connectivity index (χ0) is 41.2. The lowest BCUT2D eigenvalue weighted by molar-refractivity contribution is -0.384. The molecule has 1 atom stereocenters. The number of amides is 1. The standard InChI is InChI=1S/C43H46ClN7O6S2/c44-34-12-10-32(11-13-34)39-9-5-4-6-33(39)30-49-20-22-50(23-21-49)36-14-16-41(45-29-36)43(52)47-59(55,56)38-15-17-40(42(28-38)51(53)54)46-35(18-19-48-24-26-57-27-25-48)31-58-37-7-2-1-3-8-37/h1-17,28-29,35,46H,18-27,30-31H2,(H,47,52)/t35-/m1/s1. The van der Waals surface area contributed by atoms with Crippen molar-refractivity contribution < 1.29 is 22.9 Å². The fourth-order valence-corrected chi connectivity index (χ4v) is 9.26. The molecular weight excluding hydrogens is 810 g/mol. The Bertz CT molecular complexity index is 2310. The quantitative estimate of drug-likeness (QED) is 0.0595. The van der Waals surface area contributed by atoms with Gasteiger partial charge in [-0.1, -0.05) is 66.2 Å². The van der Waals surface area contributed by atoms with Crippen LogP contribution in [0.4, 0.5) is 17.1 Å². The number of nitro benzene ring substituents is 1. The minimum atomic E-state index is -4.48. The lowest BCUT2D eigenvalue weighted by atomic mass is 9.99. The number of ether oxygens (including phenoxy) is 1. The Kier molecular flexibility index (Phi) is 14.1. The van der Waals surface area contributed by atoms with Crippen LogP contribution in [0.15, 0.2) is 125 Å². The van der Waals surface area contributed by atoms with E-state index in [1.165, 1.54) is 29.3 Å². The molecule has 0 aliphatic carbocycles. The van der Waals surface area contributed by atoms with Gasteiger partial charge in [0.1, 0.15) is 11.4 Å². The third-order valence-corrected chi connectivity index (χ3v) is 13.2. The third kappa shape index (κ3) is 11.4. The number of carbonyl (C=O) groups excluding carboxylic acids is 1. The van der Waals surface area contributed by atoms with E-state index >= 15 is 0 Å². The largest absolute Gasteiger partial charge is 0.379 e. The summed E-state index contributed by atoms with van der Waals surface area (Å²) in [5.41, 5.74) is 4.03. The second kappa shape index (κ2) is 19.8. The van der Waals surface area contributed by atoms with Gasteiger partial charge in [-0.15, -0.1) is 11.8 Å². The summed E-state index contributed by atoms with van der Waals surface area (Å²) in [4.78, 5) is 36.7. The first kappa shape index (κ1) is 42.1. The first-order chi connectivity index (χ1) is 28.6. The molecule has 2 fully saturated rings. The summed E-state index contributed by atoms with van der Waals surface area (Å²) in [6, 6.07) is 32.8. The van der Waals surface area contributed by atoms with Crippen molar-refractivity contribution in [3.63, 3.8) is 0 Å². The summed E-state index contributed by atoms with van der Waals surface area (Å²) in [5, 5.41) is 16.3. The molecule has 3 heterocycles. The van der Waals surface area contributed by atoms with E-state index in [2.05, 4.69) is 43.2 Å². The molecule has 7 rings (SSSR count). The number of nitro groups is 1. The number of hydrogen-bond donors (Lipinski definition) is 2. The molecule has 1 aromatic heterocycles. The molecule has 2 aliphatic heterocycles. The third-order valence-electron chi connectivity index (χ3n) is 10.4. The molecule has 4 aromatic carbocycles. The molecule has 59 heavy (non-hydrogen) atoms. The molecule has 0 radical (unpaired) electrons. The number of pyridine rings is 1. The van der Waals surface area contributed by atoms with E-state index in [1.54, 1.807) is 24.0 Å². The van der Waals surface area contributed by atoms with E-state index in [-0.39, 0.29) is 17.4 Å². The number of aromatic nitrogens is 1. The van der Waals surface area contributed by atoms with Crippen LogP contribution in [0.25, 0.3) is 11.1 Å². The second-order valence-corrected chi connectivity index (χ2v) is 17.6. The van der Waals surface area contributed by atoms with Crippen LogP contribution in [0.1, 0.15) is 22.5 Å². The van der Waals surface area contributed by atoms with E-state index in [1.807, 2.05) is 65.4 Å². The van der Waals surface area contributed by atoms with E-state index in [0.717, 1.165) is 74.6 Å². The zero-order valence-corrected chi connectivity index (χ0v) is 34.8. The van der Waals surface area contributed by atoms with Crippen LogP contribution in [0.3, 0.4) is 0 Å². The number of rotatable bonds is 16. The molecule has 16 heteroatoms. The van der Waals surface area contributed by atoms with Gasteiger partial charge in [0.05, 0.1) is 34.9 Å². The average molecular weight is 856 g/mol. The molecule has 0 bridgehead atoms. The Hall–Kier alpha value is -5.03. The molecular formula is C43H46ClN7O6S2. The molecule has 0 saturated carbocycles. The molecule has 0 spiro atoms. The summed E-state index contributed by atoms with van der Waals surface area (Å²) in [5.74, 6) is -0.309. The lowest BCUT2D eigenvalue weighted by Gasteiger charge is -2.36. The van der Waals surface area contributed by atoms with E-state index < -0.39 is 31.4 Å². The highest BCUT2D eigenvalue weighted by atomic mass is 35.5. The van der Waals surface area contributed by atoms with Crippen molar-refractivity contribution in [2.75, 3.05) is 75.0 Å². The normalized spacial score (nSPS) is 15.7. The topological polar surface area (TPSA) is 150 Å². The van der Waals surface area contributed by atoms with Gasteiger partial charge in [0.25, 0.3) is 21.6 Å². The van der Waals surface area contributed by atoms with Crippen LogP contribution in [0, 0.1) is 10.1 Å².